The summed E-state index contributed by atoms with van der Waals surface area (Å²) >= 11 is 7.62. The number of nitrogens with zero attached hydrogens (tertiary/aromatic N) is 5. The summed E-state index contributed by atoms with van der Waals surface area (Å²) in [6.45, 7) is 5.14. The van der Waals surface area contributed by atoms with Crippen molar-refractivity contribution < 1.29 is 73.6 Å². The Morgan fingerprint density at radius 2 is 1.38 bits per heavy atom. The lowest BCUT2D eigenvalue weighted by Gasteiger charge is -2.62. The SMILES string of the molecule is CN(C)C(=O)C(CCN1CCC(O)(c2ccc(Cl)cc2)CC1)(c1ccccc1)c1ccccc1.COCCN1CCC23c4c5ccc(O)c4O[C@H]2C(=O)CC[C@@]3(O)C1C5.O=C(O)CN(C(=O)OCCN(Cc1ccc(O)cc1)C(=O)OCCNCc1ccccc1Sc1ccccc1CO)[C@H]1CC2CCC1C2. The molecule has 7 atom stereocenters. The summed E-state index contributed by atoms with van der Waals surface area (Å²) in [5.74, 6) is 0.443. The van der Waals surface area contributed by atoms with Crippen LogP contribution >= 0.6 is 23.4 Å². The second-order valence-electron chi connectivity index (χ2n) is 29.5. The van der Waals surface area contributed by atoms with Crippen molar-refractivity contribution >= 4 is 53.2 Å². The minimum atomic E-state index is -1.09. The summed E-state index contributed by atoms with van der Waals surface area (Å²) in [5, 5.41) is 66.3. The molecule has 7 aromatic rings. The van der Waals surface area contributed by atoms with Gasteiger partial charge in [0.05, 0.1) is 36.4 Å². The number of hydrogen-bond acceptors (Lipinski definition) is 18. The molecule has 23 heteroatoms. The van der Waals surface area contributed by atoms with E-state index in [0.717, 1.165) is 113 Å². The van der Waals surface area contributed by atoms with Crippen LogP contribution in [0.5, 0.6) is 17.2 Å². The second kappa shape index (κ2) is 34.8. The number of phenolic OH excluding ortho intramolecular Hbond substituents is 2. The predicted molar refractivity (Wildman–Crippen MR) is 406 cm³/mol. The van der Waals surface area contributed by atoms with E-state index in [0.29, 0.717) is 87.3 Å². The van der Waals surface area contributed by atoms with Crippen LogP contribution in [-0.2, 0) is 71.1 Å². The topological polar surface area (TPSA) is 272 Å². The molecule has 14 rings (SSSR count). The van der Waals surface area contributed by atoms with Crippen molar-refractivity contribution in [3.8, 4) is 17.2 Å². The highest BCUT2D eigenvalue weighted by Crippen LogP contribution is 2.65. The number of aromatic hydroxyl groups is 2. The van der Waals surface area contributed by atoms with Crippen LogP contribution in [0.3, 0.4) is 0 Å². The molecule has 4 bridgehead atoms. The van der Waals surface area contributed by atoms with Gasteiger partial charge in [-0.15, -0.1) is 0 Å². The van der Waals surface area contributed by atoms with Crippen LogP contribution in [0.25, 0.3) is 0 Å². The van der Waals surface area contributed by atoms with Crippen LogP contribution in [0, 0.1) is 11.8 Å². The van der Waals surface area contributed by atoms with E-state index in [1.54, 1.807) is 42.0 Å². The highest BCUT2D eigenvalue weighted by Gasteiger charge is 2.73. The molecule has 2 saturated heterocycles. The third-order valence-electron chi connectivity index (χ3n) is 23.1. The number of halogens is 1. The van der Waals surface area contributed by atoms with Gasteiger partial charge in [0.25, 0.3) is 0 Å². The van der Waals surface area contributed by atoms with Crippen molar-refractivity contribution in [1.82, 2.24) is 29.8 Å². The van der Waals surface area contributed by atoms with Gasteiger partial charge in [0.2, 0.25) is 5.91 Å². The van der Waals surface area contributed by atoms with Crippen LogP contribution in [0.15, 0.2) is 180 Å². The summed E-state index contributed by atoms with van der Waals surface area (Å²) < 4.78 is 22.4. The van der Waals surface area contributed by atoms with Crippen LogP contribution in [-0.4, -0.2) is 202 Å². The molecule has 7 aromatic carbocycles. The van der Waals surface area contributed by atoms with Crippen molar-refractivity contribution in [2.75, 3.05) is 93.4 Å². The molecule has 3 aliphatic heterocycles. The number of nitrogens with one attached hydrogen (secondary N) is 1. The zero-order valence-electron chi connectivity index (χ0n) is 61.1. The molecule has 3 heterocycles. The number of carboxylic acids is 1. The molecule has 5 fully saturated rings. The van der Waals surface area contributed by atoms with Gasteiger partial charge >= 0.3 is 18.2 Å². The van der Waals surface area contributed by atoms with Crippen molar-refractivity contribution in [1.29, 1.82) is 0 Å². The summed E-state index contributed by atoms with van der Waals surface area (Å²) in [4.78, 5) is 75.5. The Hall–Kier alpha value is -8.55. The number of ether oxygens (including phenoxy) is 4. The Morgan fingerprint density at radius 1 is 0.729 bits per heavy atom. The number of rotatable bonds is 26. The quantitative estimate of drug-likeness (QED) is 0.0248. The average molecular weight is 1500 g/mol. The molecular weight excluding hydrogens is 1400 g/mol. The molecule has 1 spiro atoms. The maximum Gasteiger partial charge on any atom is 0.410 e. The number of likely N-dealkylation sites (N-methyl/N-ethyl adjacent to an activating group) is 1. The Morgan fingerprint density at radius 3 is 2.02 bits per heavy atom. The predicted octanol–water partition coefficient (Wildman–Crippen LogP) is 11.3. The summed E-state index contributed by atoms with van der Waals surface area (Å²) in [6, 6.07) is 53.3. The normalized spacial score (nSPS) is 22.2. The Kier molecular flexibility index (Phi) is 25.4. The van der Waals surface area contributed by atoms with E-state index >= 15 is 0 Å². The van der Waals surface area contributed by atoms with Gasteiger partial charge in [-0.3, -0.25) is 24.2 Å². The van der Waals surface area contributed by atoms with E-state index in [-0.39, 0.29) is 68.2 Å². The fourth-order valence-electron chi connectivity index (χ4n) is 17.6. The molecule has 4 aliphatic carbocycles. The van der Waals surface area contributed by atoms with Gasteiger partial charge in [0.15, 0.2) is 23.4 Å². The molecule has 0 aromatic heterocycles. The van der Waals surface area contributed by atoms with Gasteiger partial charge in [-0.1, -0.05) is 157 Å². The standard InChI is InChI=1S/C36H43N3O8S.C29H33ClN2O2.C19H23NO5/c40-24-29-6-2-4-8-33(29)48-32-7-3-1-5-28(32)21-37-15-17-46-35(44)38(22-25-10-13-30(41)14-11-25)16-18-47-36(45)39(23-34(42)43)31-20-26-9-12-27(31)19-26;1-31(2)27(33)29(24-9-5-3-6-10-24,25-11-7-4-8-12-25)19-22-32-20-17-28(34,18-21-32)23-13-15-26(30)16-14-23;1-24-9-8-20-7-6-18-15-11-2-3-12(21)16(15)25-17(18)13(22)4-5-19(18,23)14(20)10-11/h1-8,10-11,13-14,26-27,31,37,40-41H,9,12,15-24H2,(H,42,43);3-16,34H,17-22H2,1-2H3;2-3,14,17,21,23H,4-10H2,1H3/t26?,27?,31-;;14?,17-,18?,19+/m0.0/s1. The number of aliphatic hydroxyl groups is 3. The maximum absolute atomic E-state index is 13.8. The van der Waals surface area contributed by atoms with E-state index in [2.05, 4.69) is 39.4 Å². The van der Waals surface area contributed by atoms with Gasteiger partial charge in [0.1, 0.15) is 30.9 Å². The number of ketones is 1. The lowest BCUT2D eigenvalue weighted by molar-refractivity contribution is -0.189. The molecule has 3 saturated carbocycles. The summed E-state index contributed by atoms with van der Waals surface area (Å²) in [6.07, 6.45) is 6.07. The van der Waals surface area contributed by atoms with E-state index < -0.39 is 52.8 Å². The number of piperidine rings is 2. The Labute approximate surface area is 635 Å². The van der Waals surface area contributed by atoms with Gasteiger partial charge < -0.3 is 69.6 Å². The number of amides is 3. The van der Waals surface area contributed by atoms with Crippen LogP contribution < -0.4 is 10.1 Å². The van der Waals surface area contributed by atoms with Gasteiger partial charge in [0, 0.05) is 99.4 Å². The first-order valence-corrected chi connectivity index (χ1v) is 38.4. The number of carbonyl (C=O) groups is 5. The number of carbonyl (C=O) groups excluding carboxylic acids is 4. The van der Waals surface area contributed by atoms with Gasteiger partial charge in [-0.25, -0.2) is 9.59 Å². The maximum atomic E-state index is 13.8. The fourth-order valence-corrected chi connectivity index (χ4v) is 18.8. The third kappa shape index (κ3) is 17.0. The molecule has 21 nitrogen and oxygen atoms in total. The van der Waals surface area contributed by atoms with Crippen LogP contribution in [0.4, 0.5) is 9.59 Å². The zero-order valence-corrected chi connectivity index (χ0v) is 62.7. The molecule has 7 aliphatic rings. The first-order valence-electron chi connectivity index (χ1n) is 37.2. The molecule has 7 N–H and O–H groups in total. The lowest BCUT2D eigenvalue weighted by Crippen LogP contribution is -2.76. The number of methoxy groups -OCH3 is 1. The summed E-state index contributed by atoms with van der Waals surface area (Å²) in [5.41, 5.74) is 4.25. The zero-order chi connectivity index (χ0) is 75.5. The number of aliphatic carboxylic acids is 1. The fraction of sp³-hybridized carbons (Fsp3) is 0.440. The largest absolute Gasteiger partial charge is 0.508 e. The van der Waals surface area contributed by atoms with Gasteiger partial charge in [-0.05, 0) is 164 Å². The minimum absolute atomic E-state index is 0.0361. The Balaban J connectivity index is 0.000000158. The number of benzene rings is 7. The number of phenols is 2. The lowest BCUT2D eigenvalue weighted by atomic mass is 9.49. The van der Waals surface area contributed by atoms with E-state index in [1.807, 2.05) is 129 Å². The number of aliphatic hydroxyl groups excluding tert-OH is 1. The number of likely N-dealkylation sites (tertiary alicyclic amines) is 2. The van der Waals surface area contributed by atoms with Gasteiger partial charge in [-0.2, -0.15) is 0 Å². The number of hydrogen-bond donors (Lipinski definition) is 7. The molecule has 3 amide bonds. The number of fused-ring (bicyclic) bond motifs is 2. The minimum Gasteiger partial charge on any atom is -0.508 e. The second-order valence-corrected chi connectivity index (χ2v) is 31.0. The van der Waals surface area contributed by atoms with E-state index in [4.69, 9.17) is 30.5 Å². The molecule has 4 unspecified atom stereocenters. The Bertz CT molecular complexity index is 4170. The van der Waals surface area contributed by atoms with Crippen molar-refractivity contribution in [2.24, 2.45) is 11.8 Å². The smallest absolute Gasteiger partial charge is 0.410 e. The number of Topliss-reactive ketones (excluding diaryl/α,β-unsaturated/α-hetero) is 1. The molecule has 107 heavy (non-hydrogen) atoms. The first-order chi connectivity index (χ1) is 51.7. The summed E-state index contributed by atoms with van der Waals surface area (Å²) in [7, 11) is 5.34. The van der Waals surface area contributed by atoms with Crippen molar-refractivity contribution in [2.45, 2.75) is 140 Å². The molecular formula is C84H99ClN6O15S. The molecule has 568 valence electrons. The first kappa shape index (κ1) is 78.0. The average Bonchev–Trinajstić information content (AvgIpc) is 1.56. The van der Waals surface area contributed by atoms with Crippen molar-refractivity contribution in [3.63, 3.8) is 0 Å². The van der Waals surface area contributed by atoms with E-state index in [9.17, 15) is 54.6 Å². The monoisotopic (exact) mass is 1500 g/mol. The highest BCUT2D eigenvalue weighted by atomic mass is 35.5. The van der Waals surface area contributed by atoms with Crippen LogP contribution in [0.2, 0.25) is 5.02 Å². The van der Waals surface area contributed by atoms with Crippen molar-refractivity contribution in [3.05, 3.63) is 219 Å². The van der Waals surface area contributed by atoms with E-state index in [1.165, 1.54) is 21.9 Å². The number of carboxylic acid groups (broad SMARTS) is 1. The molecule has 0 radical (unpaired) electrons. The van der Waals surface area contributed by atoms with Crippen LogP contribution in [0.1, 0.15) is 109 Å². The highest BCUT2D eigenvalue weighted by molar-refractivity contribution is 7.99. The third-order valence-corrected chi connectivity index (χ3v) is 24.6.